The van der Waals surface area contributed by atoms with Crippen LogP contribution in [0.15, 0.2) is 36.4 Å². The van der Waals surface area contributed by atoms with Gasteiger partial charge in [-0.2, -0.15) is 0 Å². The molecule has 6 heteroatoms. The lowest BCUT2D eigenvalue weighted by Crippen LogP contribution is -2.43. The van der Waals surface area contributed by atoms with Gasteiger partial charge in [0.15, 0.2) is 0 Å². The topological polar surface area (TPSA) is 46.6 Å². The van der Waals surface area contributed by atoms with Gasteiger partial charge < -0.3 is 9.64 Å². The molecule has 1 amide bonds. The van der Waals surface area contributed by atoms with Gasteiger partial charge in [0, 0.05) is 23.7 Å². The molecule has 0 bridgehead atoms. The molecular weight excluding hydrogens is 393 g/mol. The van der Waals surface area contributed by atoms with Crippen molar-refractivity contribution in [2.45, 2.75) is 39.5 Å². The number of hydrogen-bond donors (Lipinski definition) is 0. The zero-order valence-corrected chi connectivity index (χ0v) is 17.6. The van der Waals surface area contributed by atoms with Crippen molar-refractivity contribution < 1.29 is 18.7 Å². The van der Waals surface area contributed by atoms with E-state index >= 15 is 0 Å². The molecule has 0 aromatic heterocycles. The van der Waals surface area contributed by atoms with Gasteiger partial charge in [-0.15, -0.1) is 0 Å². The second-order valence-corrected chi connectivity index (χ2v) is 8.22. The average molecular weight is 418 g/mol. The maximum atomic E-state index is 13.1. The quantitative estimate of drug-likeness (QED) is 0.496. The number of carbonyl (C=O) groups is 2. The average Bonchev–Trinajstić information content (AvgIpc) is 2.70. The molecule has 154 valence electrons. The number of ether oxygens (including phenoxy) is 1. The number of carbonyl (C=O) groups excluding carboxylic acids is 2. The van der Waals surface area contributed by atoms with Crippen molar-refractivity contribution in [3.8, 4) is 5.75 Å². The molecule has 0 spiro atoms. The second-order valence-electron chi connectivity index (χ2n) is 7.81. The van der Waals surface area contributed by atoms with Gasteiger partial charge in [-0.25, -0.2) is 4.39 Å². The van der Waals surface area contributed by atoms with E-state index in [4.69, 9.17) is 16.3 Å². The van der Waals surface area contributed by atoms with E-state index in [-0.39, 0.29) is 23.6 Å². The van der Waals surface area contributed by atoms with Crippen LogP contribution < -0.4 is 4.74 Å². The van der Waals surface area contributed by atoms with Crippen molar-refractivity contribution in [3.05, 3.63) is 63.9 Å². The molecule has 1 saturated heterocycles. The summed E-state index contributed by atoms with van der Waals surface area (Å²) in [6, 6.07) is 9.09. The van der Waals surface area contributed by atoms with Crippen LogP contribution in [0.2, 0.25) is 5.02 Å². The van der Waals surface area contributed by atoms with Gasteiger partial charge in [0.2, 0.25) is 0 Å². The summed E-state index contributed by atoms with van der Waals surface area (Å²) in [4.78, 5) is 27.2. The lowest BCUT2D eigenvalue weighted by atomic mass is 9.97. The van der Waals surface area contributed by atoms with Gasteiger partial charge in [-0.05, 0) is 73.2 Å². The highest BCUT2D eigenvalue weighted by atomic mass is 35.5. The number of esters is 1. The molecule has 0 N–H and O–H groups in total. The molecule has 0 radical (unpaired) electrons. The highest BCUT2D eigenvalue weighted by Crippen LogP contribution is 2.33. The Hall–Kier alpha value is -2.40. The number of amides is 1. The van der Waals surface area contributed by atoms with E-state index in [1.54, 1.807) is 11.0 Å². The van der Waals surface area contributed by atoms with Crippen LogP contribution in [0, 0.1) is 18.7 Å². The van der Waals surface area contributed by atoms with Crippen LogP contribution in [-0.4, -0.2) is 29.9 Å². The number of rotatable bonds is 4. The second kappa shape index (κ2) is 8.95. The minimum Gasteiger partial charge on any atom is -0.426 e. The van der Waals surface area contributed by atoms with E-state index in [0.717, 1.165) is 11.1 Å². The van der Waals surface area contributed by atoms with Crippen LogP contribution in [0.5, 0.6) is 5.75 Å². The van der Waals surface area contributed by atoms with E-state index in [0.29, 0.717) is 42.3 Å². The molecule has 2 aromatic rings. The van der Waals surface area contributed by atoms with Crippen molar-refractivity contribution in [1.29, 1.82) is 0 Å². The van der Waals surface area contributed by atoms with Gasteiger partial charge in [0.1, 0.15) is 11.6 Å². The Balaban J connectivity index is 1.72. The highest BCUT2D eigenvalue weighted by Gasteiger charge is 2.31. The van der Waals surface area contributed by atoms with Crippen molar-refractivity contribution in [3.63, 3.8) is 0 Å². The molecule has 2 aromatic carbocycles. The Labute approximate surface area is 175 Å². The first kappa shape index (κ1) is 21.3. The standard InChI is InChI=1S/C23H25ClFNO3/c1-14(2)19-12-20(24)15(3)11-21(19)29-23(28)17-5-4-10-26(13-17)22(27)16-6-8-18(25)9-7-16/h6-9,11-12,14,17H,4-5,10,13H2,1-3H3. The zero-order chi connectivity index (χ0) is 21.1. The first-order valence-electron chi connectivity index (χ1n) is 9.83. The summed E-state index contributed by atoms with van der Waals surface area (Å²) in [6.45, 7) is 6.76. The monoisotopic (exact) mass is 417 g/mol. The van der Waals surface area contributed by atoms with Crippen molar-refractivity contribution in [2.24, 2.45) is 5.92 Å². The summed E-state index contributed by atoms with van der Waals surface area (Å²) < 4.78 is 18.9. The molecule has 1 aliphatic rings. The normalized spacial score (nSPS) is 16.8. The highest BCUT2D eigenvalue weighted by molar-refractivity contribution is 6.31. The fraction of sp³-hybridized carbons (Fsp3) is 0.391. The summed E-state index contributed by atoms with van der Waals surface area (Å²) >= 11 is 6.23. The third-order valence-corrected chi connectivity index (χ3v) is 5.66. The number of piperidine rings is 1. The van der Waals surface area contributed by atoms with E-state index in [2.05, 4.69) is 0 Å². The maximum Gasteiger partial charge on any atom is 0.316 e. The van der Waals surface area contributed by atoms with Crippen molar-refractivity contribution >= 4 is 23.5 Å². The molecule has 0 aliphatic carbocycles. The lowest BCUT2D eigenvalue weighted by molar-refractivity contribution is -0.140. The van der Waals surface area contributed by atoms with Crippen LogP contribution in [0.4, 0.5) is 4.39 Å². The Kier molecular flexibility index (Phi) is 6.58. The fourth-order valence-electron chi connectivity index (χ4n) is 3.53. The smallest absolute Gasteiger partial charge is 0.316 e. The molecular formula is C23H25ClFNO3. The Morgan fingerprint density at radius 3 is 2.55 bits per heavy atom. The molecule has 0 saturated carbocycles. The fourth-order valence-corrected chi connectivity index (χ4v) is 3.70. The van der Waals surface area contributed by atoms with E-state index < -0.39 is 5.92 Å². The molecule has 4 nitrogen and oxygen atoms in total. The van der Waals surface area contributed by atoms with Crippen LogP contribution in [0.1, 0.15) is 54.1 Å². The van der Waals surface area contributed by atoms with Gasteiger partial charge in [-0.1, -0.05) is 25.4 Å². The molecule has 1 heterocycles. The molecule has 29 heavy (non-hydrogen) atoms. The predicted octanol–water partition coefficient (Wildman–Crippen LogP) is 5.37. The van der Waals surface area contributed by atoms with Crippen molar-refractivity contribution in [1.82, 2.24) is 4.90 Å². The zero-order valence-electron chi connectivity index (χ0n) is 16.9. The lowest BCUT2D eigenvalue weighted by Gasteiger charge is -2.31. The number of aryl methyl sites for hydroxylation is 1. The summed E-state index contributed by atoms with van der Waals surface area (Å²) in [6.07, 6.45) is 1.37. The number of hydrogen-bond acceptors (Lipinski definition) is 3. The first-order valence-corrected chi connectivity index (χ1v) is 10.2. The summed E-state index contributed by atoms with van der Waals surface area (Å²) in [5.41, 5.74) is 2.13. The Morgan fingerprint density at radius 2 is 1.90 bits per heavy atom. The van der Waals surface area contributed by atoms with Gasteiger partial charge in [0.05, 0.1) is 5.92 Å². The molecule has 1 atom stereocenters. The van der Waals surface area contributed by atoms with Crippen LogP contribution in [-0.2, 0) is 4.79 Å². The minimum atomic E-state index is -0.399. The summed E-state index contributed by atoms with van der Waals surface area (Å²) in [5.74, 6) is -0.657. The molecule has 3 rings (SSSR count). The van der Waals surface area contributed by atoms with Crippen molar-refractivity contribution in [2.75, 3.05) is 13.1 Å². The largest absolute Gasteiger partial charge is 0.426 e. The first-order chi connectivity index (χ1) is 13.8. The van der Waals surface area contributed by atoms with Crippen LogP contribution >= 0.6 is 11.6 Å². The Morgan fingerprint density at radius 1 is 1.21 bits per heavy atom. The summed E-state index contributed by atoms with van der Waals surface area (Å²) in [5, 5.41) is 0.641. The summed E-state index contributed by atoms with van der Waals surface area (Å²) in [7, 11) is 0. The van der Waals surface area contributed by atoms with Gasteiger partial charge in [-0.3, -0.25) is 9.59 Å². The number of nitrogens with zero attached hydrogens (tertiary/aromatic N) is 1. The van der Waals surface area contributed by atoms with Crippen LogP contribution in [0.25, 0.3) is 0 Å². The predicted molar refractivity (Wildman–Crippen MR) is 111 cm³/mol. The number of benzene rings is 2. The number of halogens is 2. The van der Waals surface area contributed by atoms with E-state index in [1.165, 1.54) is 24.3 Å². The minimum absolute atomic E-state index is 0.152. The third kappa shape index (κ3) is 4.96. The molecule has 1 aliphatic heterocycles. The third-order valence-electron chi connectivity index (χ3n) is 5.26. The molecule has 1 fully saturated rings. The Bertz CT molecular complexity index is 911. The van der Waals surface area contributed by atoms with Gasteiger partial charge in [0.25, 0.3) is 5.91 Å². The number of likely N-dealkylation sites (tertiary alicyclic amines) is 1. The van der Waals surface area contributed by atoms with E-state index in [1.807, 2.05) is 26.8 Å². The van der Waals surface area contributed by atoms with Gasteiger partial charge >= 0.3 is 5.97 Å². The van der Waals surface area contributed by atoms with Crippen LogP contribution in [0.3, 0.4) is 0 Å². The SMILES string of the molecule is Cc1cc(OC(=O)C2CCCN(C(=O)c3ccc(F)cc3)C2)c(C(C)C)cc1Cl. The maximum absolute atomic E-state index is 13.1. The molecule has 1 unspecified atom stereocenters. The van der Waals surface area contributed by atoms with E-state index in [9.17, 15) is 14.0 Å².